The van der Waals surface area contributed by atoms with Gasteiger partial charge in [0.2, 0.25) is 0 Å². The molecule has 8 heteroatoms. The zero-order valence-electron chi connectivity index (χ0n) is 15.2. The van der Waals surface area contributed by atoms with Crippen LogP contribution in [0, 0.1) is 0 Å². The Hall–Kier alpha value is -3.71. The van der Waals surface area contributed by atoms with Crippen LogP contribution in [-0.4, -0.2) is 30.1 Å². The first-order chi connectivity index (χ1) is 14.2. The number of hydrogen-bond donors (Lipinski definition) is 1. The number of aromatic nitrogens is 5. The number of pyridine rings is 2. The van der Waals surface area contributed by atoms with E-state index in [1.807, 2.05) is 47.1 Å². The molecule has 0 aliphatic heterocycles. The van der Waals surface area contributed by atoms with Crippen LogP contribution in [0.4, 0.5) is 5.69 Å². The van der Waals surface area contributed by atoms with Crippen molar-refractivity contribution in [3.05, 3.63) is 89.7 Å². The van der Waals surface area contributed by atoms with Gasteiger partial charge in [0.1, 0.15) is 5.65 Å². The number of anilines is 1. The quantitative estimate of drug-likeness (QED) is 0.492. The lowest BCUT2D eigenvalue weighted by Crippen LogP contribution is -2.12. The molecule has 0 unspecified atom stereocenters. The van der Waals surface area contributed by atoms with Gasteiger partial charge < -0.3 is 9.72 Å². The number of nitrogens with one attached hydrogen (secondary N) is 1. The number of imidazole rings is 1. The van der Waals surface area contributed by atoms with Crippen molar-refractivity contribution in [3.8, 4) is 0 Å². The van der Waals surface area contributed by atoms with Crippen LogP contribution in [0.1, 0.15) is 16.1 Å². The molecule has 0 radical (unpaired) electrons. The Morgan fingerprint density at radius 1 is 1.14 bits per heavy atom. The second kappa shape index (κ2) is 7.03. The number of nitrogens with zero attached hydrogens (tertiary/aromatic N) is 5. The highest BCUT2D eigenvalue weighted by Crippen LogP contribution is 2.23. The smallest absolute Gasteiger partial charge is 0.258 e. The molecule has 7 nitrogen and oxygen atoms in total. The fourth-order valence-corrected chi connectivity index (χ4v) is 3.50. The summed E-state index contributed by atoms with van der Waals surface area (Å²) in [6.07, 6.45) is 8.93. The maximum absolute atomic E-state index is 12.8. The largest absolute Gasteiger partial charge is 0.319 e. The highest BCUT2D eigenvalue weighted by atomic mass is 35.5. The number of fused-ring (bicyclic) bond motifs is 2. The molecule has 0 fully saturated rings. The Morgan fingerprint density at radius 3 is 2.97 bits per heavy atom. The van der Waals surface area contributed by atoms with E-state index in [1.54, 1.807) is 35.4 Å². The van der Waals surface area contributed by atoms with E-state index in [4.69, 9.17) is 11.6 Å². The summed E-state index contributed by atoms with van der Waals surface area (Å²) in [7, 11) is 0. The third kappa shape index (κ3) is 3.43. The van der Waals surface area contributed by atoms with Crippen LogP contribution in [0.3, 0.4) is 0 Å². The van der Waals surface area contributed by atoms with Gasteiger partial charge in [-0.3, -0.25) is 14.5 Å². The number of benzene rings is 1. The summed E-state index contributed by atoms with van der Waals surface area (Å²) in [5, 5.41) is 8.48. The topological polar surface area (TPSA) is 77.1 Å². The third-order valence-corrected chi connectivity index (χ3v) is 4.76. The number of carbonyl (C=O) groups is 1. The van der Waals surface area contributed by atoms with E-state index in [1.165, 1.54) is 0 Å². The van der Waals surface area contributed by atoms with Crippen molar-refractivity contribution in [1.82, 2.24) is 24.1 Å². The lowest BCUT2D eigenvalue weighted by atomic mass is 10.1. The van der Waals surface area contributed by atoms with E-state index in [0.29, 0.717) is 28.3 Å². The van der Waals surface area contributed by atoms with Gasteiger partial charge in [-0.15, -0.1) is 0 Å². The molecular weight excluding hydrogens is 388 g/mol. The van der Waals surface area contributed by atoms with Crippen molar-refractivity contribution in [2.45, 2.75) is 6.54 Å². The van der Waals surface area contributed by atoms with Gasteiger partial charge in [-0.2, -0.15) is 5.10 Å². The number of amides is 1. The normalized spacial score (nSPS) is 11.2. The fraction of sp³-hybridized carbons (Fsp3) is 0.0476. The Balaban J connectivity index is 1.37. The van der Waals surface area contributed by atoms with Gasteiger partial charge in [0.25, 0.3) is 5.91 Å². The third-order valence-electron chi connectivity index (χ3n) is 4.54. The van der Waals surface area contributed by atoms with Crippen molar-refractivity contribution in [2.24, 2.45) is 0 Å². The predicted molar refractivity (Wildman–Crippen MR) is 111 cm³/mol. The molecule has 1 amide bonds. The molecule has 0 aliphatic rings. The van der Waals surface area contributed by atoms with E-state index in [2.05, 4.69) is 20.4 Å². The maximum Gasteiger partial charge on any atom is 0.258 e. The Labute approximate surface area is 170 Å². The molecule has 142 valence electrons. The summed E-state index contributed by atoms with van der Waals surface area (Å²) < 4.78 is 3.69. The molecule has 0 saturated carbocycles. The average molecular weight is 403 g/mol. The van der Waals surface area contributed by atoms with Crippen molar-refractivity contribution >= 4 is 39.7 Å². The summed E-state index contributed by atoms with van der Waals surface area (Å²) >= 11 is 6.17. The standard InChI is InChI=1S/C21H15ClN6O/c22-15-8-14-4-3-6-23-20(14)18(9-15)21(29)26-16-10-24-28(12-16)13-17-11-27-7-2-1-5-19(27)25-17/h1-12H,13H2,(H,26,29). The van der Waals surface area contributed by atoms with E-state index in [9.17, 15) is 4.79 Å². The van der Waals surface area contributed by atoms with Crippen LogP contribution in [-0.2, 0) is 6.54 Å². The minimum absolute atomic E-state index is 0.288. The second-order valence-corrected chi connectivity index (χ2v) is 7.04. The summed E-state index contributed by atoms with van der Waals surface area (Å²) in [6, 6.07) is 12.9. The fourth-order valence-electron chi connectivity index (χ4n) is 3.27. The van der Waals surface area contributed by atoms with E-state index < -0.39 is 0 Å². The van der Waals surface area contributed by atoms with Gasteiger partial charge in [-0.25, -0.2) is 4.98 Å². The molecular formula is C21H15ClN6O. The van der Waals surface area contributed by atoms with Crippen molar-refractivity contribution < 1.29 is 4.79 Å². The molecule has 0 atom stereocenters. The highest BCUT2D eigenvalue weighted by molar-refractivity contribution is 6.32. The van der Waals surface area contributed by atoms with Crippen molar-refractivity contribution in [3.63, 3.8) is 0 Å². The SMILES string of the molecule is O=C(Nc1cnn(Cc2cn3ccccc3n2)c1)c1cc(Cl)cc2cccnc12. The van der Waals surface area contributed by atoms with Gasteiger partial charge in [-0.05, 0) is 30.3 Å². The molecule has 1 N–H and O–H groups in total. The summed E-state index contributed by atoms with van der Waals surface area (Å²) in [5.41, 5.74) is 3.36. The molecule has 29 heavy (non-hydrogen) atoms. The molecule has 4 aromatic heterocycles. The molecule has 1 aromatic carbocycles. The number of halogens is 1. The van der Waals surface area contributed by atoms with Crippen LogP contribution >= 0.6 is 11.6 Å². The van der Waals surface area contributed by atoms with Crippen LogP contribution in [0.25, 0.3) is 16.6 Å². The summed E-state index contributed by atoms with van der Waals surface area (Å²) in [4.78, 5) is 21.7. The van der Waals surface area contributed by atoms with Crippen molar-refractivity contribution in [2.75, 3.05) is 5.32 Å². The van der Waals surface area contributed by atoms with Crippen LogP contribution in [0.2, 0.25) is 5.02 Å². The highest BCUT2D eigenvalue weighted by Gasteiger charge is 2.14. The van der Waals surface area contributed by atoms with Gasteiger partial charge in [0.15, 0.2) is 0 Å². The molecule has 5 aromatic rings. The predicted octanol–water partition coefficient (Wildman–Crippen LogP) is 4.03. The molecule has 0 spiro atoms. The van der Waals surface area contributed by atoms with Gasteiger partial charge >= 0.3 is 0 Å². The lowest BCUT2D eigenvalue weighted by Gasteiger charge is -2.07. The van der Waals surface area contributed by atoms with Crippen LogP contribution < -0.4 is 5.32 Å². The average Bonchev–Trinajstić information content (AvgIpc) is 3.33. The number of hydrogen-bond acceptors (Lipinski definition) is 4. The first-order valence-electron chi connectivity index (χ1n) is 8.96. The minimum atomic E-state index is -0.288. The molecule has 4 heterocycles. The molecule has 5 rings (SSSR count). The Kier molecular flexibility index (Phi) is 4.22. The van der Waals surface area contributed by atoms with Crippen LogP contribution in [0.15, 0.2) is 73.4 Å². The van der Waals surface area contributed by atoms with Gasteiger partial charge in [0.05, 0.1) is 35.2 Å². The maximum atomic E-state index is 12.8. The molecule has 0 saturated heterocycles. The first kappa shape index (κ1) is 17.4. The van der Waals surface area contributed by atoms with Gasteiger partial charge in [-0.1, -0.05) is 23.7 Å². The zero-order valence-corrected chi connectivity index (χ0v) is 15.9. The molecule has 0 bridgehead atoms. The van der Waals surface area contributed by atoms with E-state index >= 15 is 0 Å². The van der Waals surface area contributed by atoms with Crippen molar-refractivity contribution in [1.29, 1.82) is 0 Å². The van der Waals surface area contributed by atoms with Gasteiger partial charge in [0, 0.05) is 35.2 Å². The lowest BCUT2D eigenvalue weighted by molar-refractivity contribution is 0.102. The Bertz CT molecular complexity index is 1320. The monoisotopic (exact) mass is 402 g/mol. The van der Waals surface area contributed by atoms with E-state index in [0.717, 1.165) is 16.7 Å². The Morgan fingerprint density at radius 2 is 2.07 bits per heavy atom. The summed E-state index contributed by atoms with van der Waals surface area (Å²) in [6.45, 7) is 0.499. The minimum Gasteiger partial charge on any atom is -0.319 e. The zero-order chi connectivity index (χ0) is 19.8. The number of rotatable bonds is 4. The number of carbonyl (C=O) groups excluding carboxylic acids is 1. The first-order valence-corrected chi connectivity index (χ1v) is 9.34. The van der Waals surface area contributed by atoms with E-state index in [-0.39, 0.29) is 5.91 Å². The second-order valence-electron chi connectivity index (χ2n) is 6.61. The summed E-state index contributed by atoms with van der Waals surface area (Å²) in [5.74, 6) is -0.288. The molecule has 0 aliphatic carbocycles. The van der Waals surface area contributed by atoms with Crippen LogP contribution in [0.5, 0.6) is 0 Å².